The fraction of sp³-hybridized carbons (Fsp3) is 0. The Hall–Kier alpha value is -7.47. The molecule has 0 atom stereocenters. The van der Waals surface area contributed by atoms with Crippen LogP contribution in [0.25, 0.3) is 120 Å². The molecule has 4 nitrogen and oxygen atoms in total. The zero-order chi connectivity index (χ0) is 38.2. The van der Waals surface area contributed by atoms with Gasteiger partial charge in [-0.3, -0.25) is 0 Å². The van der Waals surface area contributed by atoms with E-state index in [1.54, 1.807) is 11.3 Å². The van der Waals surface area contributed by atoms with Crippen LogP contribution < -0.4 is 0 Å². The van der Waals surface area contributed by atoms with Gasteiger partial charge in [0, 0.05) is 47.6 Å². The summed E-state index contributed by atoms with van der Waals surface area (Å²) in [5.41, 5.74) is 8.79. The second-order valence-corrected chi connectivity index (χ2v) is 15.8. The van der Waals surface area contributed by atoms with Crippen LogP contribution in [-0.4, -0.2) is 15.0 Å². The minimum absolute atomic E-state index is 0.590. The van der Waals surface area contributed by atoms with Crippen molar-refractivity contribution >= 4 is 75.0 Å². The van der Waals surface area contributed by atoms with Crippen LogP contribution in [0.2, 0.25) is 0 Å². The van der Waals surface area contributed by atoms with Gasteiger partial charge in [-0.15, -0.1) is 11.3 Å². The van der Waals surface area contributed by atoms with Gasteiger partial charge < -0.3 is 4.42 Å². The summed E-state index contributed by atoms with van der Waals surface area (Å²) >= 11 is 1.81. The van der Waals surface area contributed by atoms with Crippen LogP contribution in [0.1, 0.15) is 0 Å². The molecule has 3 aromatic heterocycles. The van der Waals surface area contributed by atoms with E-state index in [0.29, 0.717) is 17.5 Å². The van der Waals surface area contributed by atoms with Crippen molar-refractivity contribution in [2.45, 2.75) is 0 Å². The van der Waals surface area contributed by atoms with Crippen molar-refractivity contribution < 1.29 is 4.42 Å². The van der Waals surface area contributed by atoms with Gasteiger partial charge in [0.15, 0.2) is 17.5 Å². The van der Waals surface area contributed by atoms with Gasteiger partial charge in [-0.05, 0) is 92.3 Å². The van der Waals surface area contributed by atoms with Gasteiger partial charge in [-0.2, -0.15) is 0 Å². The molecule has 3 heterocycles. The van der Waals surface area contributed by atoms with Crippen LogP contribution in [0, 0.1) is 0 Å². The Morgan fingerprint density at radius 3 is 1.81 bits per heavy atom. The maximum atomic E-state index is 6.70. The predicted octanol–water partition coefficient (Wildman–Crippen LogP) is 14.8. The van der Waals surface area contributed by atoms with E-state index < -0.39 is 0 Å². The molecule has 0 aliphatic rings. The van der Waals surface area contributed by atoms with Gasteiger partial charge >= 0.3 is 0 Å². The monoisotopic (exact) mass is 757 g/mol. The second-order valence-electron chi connectivity index (χ2n) is 14.7. The quantitative estimate of drug-likeness (QED) is 0.175. The summed E-state index contributed by atoms with van der Waals surface area (Å²) in [5, 5.41) is 9.03. The standard InChI is InChI=1S/C53H31N3OS/c1-2-11-32(12-3-1)33-21-23-35(24-22-33)51-54-52(38-25-28-48-43(30-38)41-18-8-9-20-47(41)58-48)56-53(55-51)50-42(40-19-10-16-34-13-6-7-17-39(34)40)26-27-45-49(50)44-29-36-14-4-5-15-37(36)31-46(44)57-45/h1-31H. The van der Waals surface area contributed by atoms with Gasteiger partial charge in [-0.25, -0.2) is 15.0 Å². The number of rotatable bonds is 5. The van der Waals surface area contributed by atoms with Gasteiger partial charge in [0.1, 0.15) is 11.2 Å². The molecule has 0 radical (unpaired) electrons. The summed E-state index contributed by atoms with van der Waals surface area (Å²) in [4.78, 5) is 16.1. The number of nitrogens with zero attached hydrogens (tertiary/aromatic N) is 3. The molecule has 0 unspecified atom stereocenters. The van der Waals surface area contributed by atoms with Crippen molar-refractivity contribution in [3.05, 3.63) is 188 Å². The van der Waals surface area contributed by atoms with E-state index in [0.717, 1.165) is 77.0 Å². The Morgan fingerprint density at radius 2 is 0.966 bits per heavy atom. The van der Waals surface area contributed by atoms with Gasteiger partial charge in [-0.1, -0.05) is 140 Å². The molecule has 0 bridgehead atoms. The summed E-state index contributed by atoms with van der Waals surface area (Å²) in [7, 11) is 0. The molecule has 0 amide bonds. The predicted molar refractivity (Wildman–Crippen MR) is 242 cm³/mol. The van der Waals surface area contributed by atoms with Crippen molar-refractivity contribution in [1.29, 1.82) is 0 Å². The van der Waals surface area contributed by atoms with Gasteiger partial charge in [0.2, 0.25) is 0 Å². The Balaban J connectivity index is 1.17. The molecule has 58 heavy (non-hydrogen) atoms. The number of thiophene rings is 1. The van der Waals surface area contributed by atoms with E-state index in [2.05, 4.69) is 182 Å². The lowest BCUT2D eigenvalue weighted by Crippen LogP contribution is -2.02. The van der Waals surface area contributed by atoms with Crippen LogP contribution in [0.4, 0.5) is 0 Å². The molecule has 5 heteroatoms. The first-order chi connectivity index (χ1) is 28.7. The lowest BCUT2D eigenvalue weighted by atomic mass is 9.91. The number of furan rings is 1. The molecule has 0 aliphatic carbocycles. The summed E-state index contributed by atoms with van der Waals surface area (Å²) in [6.45, 7) is 0. The fourth-order valence-electron chi connectivity index (χ4n) is 8.52. The first-order valence-corrected chi connectivity index (χ1v) is 20.2. The highest BCUT2D eigenvalue weighted by Gasteiger charge is 2.23. The second kappa shape index (κ2) is 13.1. The van der Waals surface area contributed by atoms with Crippen molar-refractivity contribution in [2.75, 3.05) is 0 Å². The molecule has 0 spiro atoms. The first-order valence-electron chi connectivity index (χ1n) is 19.4. The normalized spacial score (nSPS) is 11.8. The Kier molecular flexibility index (Phi) is 7.37. The Labute approximate surface area is 337 Å². The van der Waals surface area contributed by atoms with Crippen molar-refractivity contribution in [3.8, 4) is 56.4 Å². The van der Waals surface area contributed by atoms with Crippen molar-refractivity contribution in [3.63, 3.8) is 0 Å². The summed E-state index contributed by atoms with van der Waals surface area (Å²) in [6, 6.07) is 66.3. The van der Waals surface area contributed by atoms with E-state index in [1.165, 1.54) is 25.6 Å². The Bertz CT molecular complexity index is 3560. The zero-order valence-corrected chi connectivity index (χ0v) is 31.9. The summed E-state index contributed by atoms with van der Waals surface area (Å²) in [5.74, 6) is 1.81. The maximum Gasteiger partial charge on any atom is 0.165 e. The molecule has 12 rings (SSSR count). The lowest BCUT2D eigenvalue weighted by Gasteiger charge is -2.15. The van der Waals surface area contributed by atoms with Gasteiger partial charge in [0.05, 0.1) is 0 Å². The largest absolute Gasteiger partial charge is 0.456 e. The lowest BCUT2D eigenvalue weighted by molar-refractivity contribution is 0.669. The highest BCUT2D eigenvalue weighted by atomic mass is 32.1. The minimum Gasteiger partial charge on any atom is -0.456 e. The van der Waals surface area contributed by atoms with Crippen molar-refractivity contribution in [1.82, 2.24) is 15.0 Å². The highest BCUT2D eigenvalue weighted by molar-refractivity contribution is 7.25. The van der Waals surface area contributed by atoms with Crippen LogP contribution in [0.3, 0.4) is 0 Å². The molecular weight excluding hydrogens is 727 g/mol. The van der Waals surface area contributed by atoms with Crippen molar-refractivity contribution in [2.24, 2.45) is 0 Å². The average Bonchev–Trinajstić information content (AvgIpc) is 3.85. The Morgan fingerprint density at radius 1 is 0.345 bits per heavy atom. The van der Waals surface area contributed by atoms with E-state index >= 15 is 0 Å². The third kappa shape index (κ3) is 5.32. The first kappa shape index (κ1) is 32.7. The van der Waals surface area contributed by atoms with Gasteiger partial charge in [0.25, 0.3) is 0 Å². The molecular formula is C53H31N3OS. The minimum atomic E-state index is 0.590. The van der Waals surface area contributed by atoms with E-state index in [4.69, 9.17) is 19.4 Å². The summed E-state index contributed by atoms with van der Waals surface area (Å²) in [6.07, 6.45) is 0. The number of hydrogen-bond acceptors (Lipinski definition) is 5. The van der Waals surface area contributed by atoms with E-state index in [-0.39, 0.29) is 0 Å². The van der Waals surface area contributed by atoms with Crippen LogP contribution in [0.5, 0.6) is 0 Å². The fourth-order valence-corrected chi connectivity index (χ4v) is 9.61. The molecule has 0 fully saturated rings. The number of benzene rings is 9. The highest BCUT2D eigenvalue weighted by Crippen LogP contribution is 2.45. The van der Waals surface area contributed by atoms with Crippen LogP contribution in [-0.2, 0) is 0 Å². The molecule has 0 aliphatic heterocycles. The van der Waals surface area contributed by atoms with E-state index in [1.807, 2.05) is 6.07 Å². The topological polar surface area (TPSA) is 51.8 Å². The summed E-state index contributed by atoms with van der Waals surface area (Å²) < 4.78 is 9.19. The SMILES string of the molecule is c1ccc(-c2ccc(-c3nc(-c4ccc5sc6ccccc6c5c4)nc(-c4c(-c5cccc6ccccc56)ccc5oc6cc7ccccc7cc6c45)n3)cc2)cc1. The van der Waals surface area contributed by atoms with Crippen LogP contribution in [0.15, 0.2) is 192 Å². The number of aromatic nitrogens is 3. The molecule has 12 aromatic rings. The molecule has 0 N–H and O–H groups in total. The van der Waals surface area contributed by atoms with E-state index in [9.17, 15) is 0 Å². The third-order valence-electron chi connectivity index (χ3n) is 11.3. The van der Waals surface area contributed by atoms with Crippen LogP contribution >= 0.6 is 11.3 Å². The number of hydrogen-bond donors (Lipinski definition) is 0. The maximum absolute atomic E-state index is 6.70. The third-order valence-corrected chi connectivity index (χ3v) is 12.5. The number of fused-ring (bicyclic) bond motifs is 8. The molecule has 9 aromatic carbocycles. The molecule has 270 valence electrons. The zero-order valence-electron chi connectivity index (χ0n) is 31.1. The average molecular weight is 758 g/mol. The molecule has 0 saturated heterocycles. The molecule has 0 saturated carbocycles. The smallest absolute Gasteiger partial charge is 0.165 e.